The van der Waals surface area contributed by atoms with Crippen LogP contribution in [0.1, 0.15) is 24.4 Å². The first kappa shape index (κ1) is 17.0. The molecule has 0 radical (unpaired) electrons. The lowest BCUT2D eigenvalue weighted by atomic mass is 10.2. The Bertz CT molecular complexity index is 903. The SMILES string of the molecule is O=C(CSc1nnnn1C1CC1)Nc1ccnn1Cc1ccc(Cl)cc1. The van der Waals surface area contributed by atoms with Crippen molar-refractivity contribution in [3.8, 4) is 0 Å². The molecule has 4 rings (SSSR count). The molecule has 1 saturated carbocycles. The maximum atomic E-state index is 12.3. The summed E-state index contributed by atoms with van der Waals surface area (Å²) in [4.78, 5) is 12.3. The monoisotopic (exact) mass is 389 g/mol. The van der Waals surface area contributed by atoms with E-state index in [-0.39, 0.29) is 11.7 Å². The van der Waals surface area contributed by atoms with Crippen LogP contribution in [0.3, 0.4) is 0 Å². The molecule has 1 N–H and O–H groups in total. The first-order valence-electron chi connectivity index (χ1n) is 8.16. The van der Waals surface area contributed by atoms with E-state index in [2.05, 4.69) is 25.9 Å². The summed E-state index contributed by atoms with van der Waals surface area (Å²) in [5.74, 6) is 0.754. The van der Waals surface area contributed by atoms with Gasteiger partial charge in [-0.3, -0.25) is 4.79 Å². The molecule has 3 aromatic rings. The van der Waals surface area contributed by atoms with Crippen molar-refractivity contribution in [1.29, 1.82) is 0 Å². The fourth-order valence-electron chi connectivity index (χ4n) is 2.47. The molecular formula is C16H16ClN7OS. The molecule has 8 nitrogen and oxygen atoms in total. The number of carbonyl (C=O) groups excluding carboxylic acids is 1. The highest BCUT2D eigenvalue weighted by Gasteiger charge is 2.28. The Hall–Kier alpha value is -2.39. The van der Waals surface area contributed by atoms with Crippen LogP contribution in [0.25, 0.3) is 0 Å². The highest BCUT2D eigenvalue weighted by atomic mass is 35.5. The number of benzene rings is 1. The number of thioether (sulfide) groups is 1. The van der Waals surface area contributed by atoms with Crippen LogP contribution in [0, 0.1) is 0 Å². The molecule has 0 atom stereocenters. The van der Waals surface area contributed by atoms with Crippen LogP contribution < -0.4 is 5.32 Å². The molecule has 1 fully saturated rings. The highest BCUT2D eigenvalue weighted by molar-refractivity contribution is 7.99. The van der Waals surface area contributed by atoms with E-state index >= 15 is 0 Å². The third-order valence-electron chi connectivity index (χ3n) is 3.92. The first-order chi connectivity index (χ1) is 12.7. The topological polar surface area (TPSA) is 90.5 Å². The number of carbonyl (C=O) groups is 1. The van der Waals surface area contributed by atoms with Crippen LogP contribution in [0.5, 0.6) is 0 Å². The summed E-state index contributed by atoms with van der Waals surface area (Å²) in [5.41, 5.74) is 1.05. The van der Waals surface area contributed by atoms with E-state index in [4.69, 9.17) is 11.6 Å². The summed E-state index contributed by atoms with van der Waals surface area (Å²) < 4.78 is 3.53. The summed E-state index contributed by atoms with van der Waals surface area (Å²) in [6, 6.07) is 9.69. The molecule has 0 unspecified atom stereocenters. The van der Waals surface area contributed by atoms with Crippen LogP contribution in [0.15, 0.2) is 41.7 Å². The molecule has 10 heteroatoms. The van der Waals surface area contributed by atoms with E-state index in [0.717, 1.165) is 18.4 Å². The molecule has 0 spiro atoms. The number of amides is 1. The van der Waals surface area contributed by atoms with Crippen molar-refractivity contribution in [2.24, 2.45) is 0 Å². The summed E-state index contributed by atoms with van der Waals surface area (Å²) in [7, 11) is 0. The molecule has 2 aromatic heterocycles. The van der Waals surface area contributed by atoms with Crippen LogP contribution in [-0.4, -0.2) is 41.6 Å². The van der Waals surface area contributed by atoms with Crippen molar-refractivity contribution in [1.82, 2.24) is 30.0 Å². The second kappa shape index (κ2) is 7.46. The molecule has 1 amide bonds. The largest absolute Gasteiger partial charge is 0.310 e. The highest BCUT2D eigenvalue weighted by Crippen LogP contribution is 2.36. The maximum Gasteiger partial charge on any atom is 0.235 e. The minimum absolute atomic E-state index is 0.127. The minimum atomic E-state index is -0.127. The molecule has 134 valence electrons. The Morgan fingerprint density at radius 3 is 2.85 bits per heavy atom. The van der Waals surface area contributed by atoms with E-state index in [9.17, 15) is 4.79 Å². The van der Waals surface area contributed by atoms with Gasteiger partial charge in [-0.1, -0.05) is 35.5 Å². The predicted molar refractivity (Wildman–Crippen MR) is 98.2 cm³/mol. The standard InChI is InChI=1S/C16H16ClN7OS/c17-12-3-1-11(2-4-12)9-23-14(7-8-18-23)19-15(25)10-26-16-20-21-22-24(16)13-5-6-13/h1-4,7-8,13H,5-6,9-10H2,(H,19,25). The van der Waals surface area contributed by atoms with Gasteiger partial charge in [0, 0.05) is 11.1 Å². The molecule has 0 bridgehead atoms. The molecule has 0 aliphatic heterocycles. The number of hydrogen-bond acceptors (Lipinski definition) is 6. The quantitative estimate of drug-likeness (QED) is 0.625. The van der Waals surface area contributed by atoms with Crippen LogP contribution in [0.2, 0.25) is 5.02 Å². The number of aromatic nitrogens is 6. The summed E-state index contributed by atoms with van der Waals surface area (Å²) in [6.45, 7) is 0.548. The van der Waals surface area contributed by atoms with E-state index in [1.807, 2.05) is 24.3 Å². The number of nitrogens with one attached hydrogen (secondary N) is 1. The zero-order valence-electron chi connectivity index (χ0n) is 13.7. The van der Waals surface area contributed by atoms with Crippen molar-refractivity contribution < 1.29 is 4.79 Å². The second-order valence-electron chi connectivity index (χ2n) is 5.97. The Morgan fingerprint density at radius 1 is 1.27 bits per heavy atom. The number of halogens is 1. The van der Waals surface area contributed by atoms with Gasteiger partial charge in [-0.05, 0) is 41.0 Å². The van der Waals surface area contributed by atoms with Gasteiger partial charge >= 0.3 is 0 Å². The van der Waals surface area contributed by atoms with Crippen molar-refractivity contribution in [2.75, 3.05) is 11.1 Å². The number of anilines is 1. The molecule has 1 aliphatic rings. The lowest BCUT2D eigenvalue weighted by Gasteiger charge is -2.09. The lowest BCUT2D eigenvalue weighted by Crippen LogP contribution is -2.18. The van der Waals surface area contributed by atoms with Crippen molar-refractivity contribution >= 4 is 35.1 Å². The molecule has 0 saturated heterocycles. The summed E-state index contributed by atoms with van der Waals surface area (Å²) in [6.07, 6.45) is 3.84. The molecular weight excluding hydrogens is 374 g/mol. The number of rotatable bonds is 7. The van der Waals surface area contributed by atoms with Crippen LogP contribution >= 0.6 is 23.4 Å². The van der Waals surface area contributed by atoms with Gasteiger partial charge in [0.15, 0.2) is 0 Å². The van der Waals surface area contributed by atoms with Crippen LogP contribution in [-0.2, 0) is 11.3 Å². The fraction of sp³-hybridized carbons (Fsp3) is 0.312. The summed E-state index contributed by atoms with van der Waals surface area (Å²) in [5, 5.41) is 20.2. The van der Waals surface area contributed by atoms with Crippen molar-refractivity contribution in [3.63, 3.8) is 0 Å². The van der Waals surface area contributed by atoms with Crippen LogP contribution in [0.4, 0.5) is 5.82 Å². The third kappa shape index (κ3) is 4.05. The lowest BCUT2D eigenvalue weighted by molar-refractivity contribution is -0.113. The Balaban J connectivity index is 1.35. The van der Waals surface area contributed by atoms with Gasteiger partial charge in [-0.2, -0.15) is 5.10 Å². The maximum absolute atomic E-state index is 12.3. The van der Waals surface area contributed by atoms with Gasteiger partial charge < -0.3 is 5.32 Å². The molecule has 26 heavy (non-hydrogen) atoms. The van der Waals surface area contributed by atoms with Gasteiger partial charge in [-0.15, -0.1) is 5.10 Å². The van der Waals surface area contributed by atoms with Crippen molar-refractivity contribution in [2.45, 2.75) is 30.6 Å². The van der Waals surface area contributed by atoms with Gasteiger partial charge in [0.25, 0.3) is 0 Å². The van der Waals surface area contributed by atoms with E-state index in [0.29, 0.717) is 28.6 Å². The van der Waals surface area contributed by atoms with Gasteiger partial charge in [0.05, 0.1) is 24.5 Å². The Morgan fingerprint density at radius 2 is 2.08 bits per heavy atom. The molecule has 2 heterocycles. The van der Waals surface area contributed by atoms with Crippen molar-refractivity contribution in [3.05, 3.63) is 47.1 Å². The number of hydrogen-bond donors (Lipinski definition) is 1. The minimum Gasteiger partial charge on any atom is -0.310 e. The first-order valence-corrected chi connectivity index (χ1v) is 9.52. The molecule has 1 aromatic carbocycles. The average molecular weight is 390 g/mol. The van der Waals surface area contributed by atoms with E-state index < -0.39 is 0 Å². The van der Waals surface area contributed by atoms with Gasteiger partial charge in [0.2, 0.25) is 11.1 Å². The predicted octanol–water partition coefficient (Wildman–Crippen LogP) is 2.64. The van der Waals surface area contributed by atoms with Gasteiger partial charge in [0.1, 0.15) is 5.82 Å². The van der Waals surface area contributed by atoms with E-state index in [1.165, 1.54) is 11.8 Å². The molecule has 1 aliphatic carbocycles. The average Bonchev–Trinajstić information content (AvgIpc) is 3.22. The second-order valence-corrected chi connectivity index (χ2v) is 7.35. The third-order valence-corrected chi connectivity index (χ3v) is 5.10. The fourth-order valence-corrected chi connectivity index (χ4v) is 3.34. The zero-order valence-corrected chi connectivity index (χ0v) is 15.3. The van der Waals surface area contributed by atoms with Gasteiger partial charge in [-0.25, -0.2) is 9.36 Å². The Kier molecular flexibility index (Phi) is 4.89. The normalized spacial score (nSPS) is 13.7. The van der Waals surface area contributed by atoms with E-state index in [1.54, 1.807) is 21.6 Å². The Labute approximate surface area is 158 Å². The zero-order chi connectivity index (χ0) is 17.9. The summed E-state index contributed by atoms with van der Waals surface area (Å²) >= 11 is 7.24. The number of nitrogens with zero attached hydrogens (tertiary/aromatic N) is 6. The number of tetrazole rings is 1. The smallest absolute Gasteiger partial charge is 0.235 e.